The lowest BCUT2D eigenvalue weighted by atomic mass is 10.0. The summed E-state index contributed by atoms with van der Waals surface area (Å²) in [5, 5.41) is 15.2. The molecule has 0 aromatic heterocycles. The van der Waals surface area contributed by atoms with Crippen LogP contribution in [0.1, 0.15) is 30.4 Å². The maximum absolute atomic E-state index is 8.61. The van der Waals surface area contributed by atoms with Crippen molar-refractivity contribution in [3.05, 3.63) is 35.4 Å². The quantitative estimate of drug-likeness (QED) is 0.312. The maximum atomic E-state index is 8.61. The number of nitrogens with one attached hydrogen (secondary N) is 1. The van der Waals surface area contributed by atoms with Crippen LogP contribution in [0.2, 0.25) is 0 Å². The number of benzene rings is 1. The van der Waals surface area contributed by atoms with Crippen molar-refractivity contribution in [2.75, 3.05) is 6.54 Å². The Hall–Kier alpha value is -1.55. The third-order valence-electron chi connectivity index (χ3n) is 3.72. The Morgan fingerprint density at radius 2 is 2.17 bits per heavy atom. The molecule has 0 aliphatic heterocycles. The minimum Gasteiger partial charge on any atom is -0.409 e. The lowest BCUT2D eigenvalue weighted by molar-refractivity contribution is 0.314. The van der Waals surface area contributed by atoms with E-state index in [2.05, 4.69) is 41.7 Å². The van der Waals surface area contributed by atoms with Gasteiger partial charge in [-0.1, -0.05) is 29.4 Å². The van der Waals surface area contributed by atoms with E-state index in [-0.39, 0.29) is 5.41 Å². The first-order chi connectivity index (χ1) is 8.65. The molecule has 0 unspecified atom stereocenters. The summed E-state index contributed by atoms with van der Waals surface area (Å²) in [6, 6.07) is 8.39. The second-order valence-corrected chi connectivity index (χ2v) is 5.30. The minimum atomic E-state index is 0.221. The van der Waals surface area contributed by atoms with Gasteiger partial charge in [0.05, 0.1) is 0 Å². The third-order valence-corrected chi connectivity index (χ3v) is 3.72. The third kappa shape index (κ3) is 3.23. The van der Waals surface area contributed by atoms with Crippen LogP contribution in [0.5, 0.6) is 0 Å². The Kier molecular flexibility index (Phi) is 3.87. The van der Waals surface area contributed by atoms with Crippen molar-refractivity contribution in [2.45, 2.75) is 32.7 Å². The number of aryl methyl sites for hydroxylation is 1. The van der Waals surface area contributed by atoms with E-state index in [0.717, 1.165) is 25.9 Å². The van der Waals surface area contributed by atoms with E-state index in [1.54, 1.807) is 0 Å². The lowest BCUT2D eigenvalue weighted by Gasteiger charge is -2.15. The van der Waals surface area contributed by atoms with Crippen molar-refractivity contribution in [1.82, 2.24) is 5.32 Å². The molecule has 98 valence electrons. The number of amidine groups is 1. The van der Waals surface area contributed by atoms with Crippen LogP contribution in [0.15, 0.2) is 29.4 Å². The molecule has 1 fully saturated rings. The van der Waals surface area contributed by atoms with Crippen molar-refractivity contribution < 1.29 is 5.21 Å². The smallest absolute Gasteiger partial charge is 0.139 e. The normalized spacial score (nSPS) is 17.7. The summed E-state index contributed by atoms with van der Waals surface area (Å²) in [5.74, 6) is 0.338. The molecule has 0 radical (unpaired) electrons. The van der Waals surface area contributed by atoms with Crippen molar-refractivity contribution in [3.63, 3.8) is 0 Å². The topological polar surface area (TPSA) is 70.6 Å². The predicted molar refractivity (Wildman–Crippen MR) is 72.6 cm³/mol. The molecule has 0 bridgehead atoms. The zero-order valence-electron chi connectivity index (χ0n) is 10.8. The maximum Gasteiger partial charge on any atom is 0.139 e. The molecule has 1 aromatic rings. The van der Waals surface area contributed by atoms with Gasteiger partial charge in [-0.15, -0.1) is 0 Å². The predicted octanol–water partition coefficient (Wildman–Crippen LogP) is 2.00. The molecule has 0 heterocycles. The van der Waals surface area contributed by atoms with Crippen LogP contribution in [-0.2, 0) is 6.54 Å². The van der Waals surface area contributed by atoms with Crippen LogP contribution in [0.4, 0.5) is 0 Å². The van der Waals surface area contributed by atoms with Crippen molar-refractivity contribution in [2.24, 2.45) is 16.3 Å². The minimum absolute atomic E-state index is 0.221. The number of nitrogens with zero attached hydrogens (tertiary/aromatic N) is 1. The van der Waals surface area contributed by atoms with Gasteiger partial charge in [-0.25, -0.2) is 0 Å². The second kappa shape index (κ2) is 5.40. The average Bonchev–Trinajstić information content (AvgIpc) is 3.11. The van der Waals surface area contributed by atoms with E-state index < -0.39 is 0 Å². The zero-order chi connectivity index (χ0) is 13.0. The number of rotatable bonds is 6. The second-order valence-electron chi connectivity index (χ2n) is 5.30. The van der Waals surface area contributed by atoms with Gasteiger partial charge in [-0.2, -0.15) is 0 Å². The van der Waals surface area contributed by atoms with Gasteiger partial charge in [0, 0.05) is 19.5 Å². The molecule has 4 nitrogen and oxygen atoms in total. The number of nitrogens with two attached hydrogens (primary N) is 1. The monoisotopic (exact) mass is 247 g/mol. The van der Waals surface area contributed by atoms with Crippen molar-refractivity contribution in [1.29, 1.82) is 0 Å². The van der Waals surface area contributed by atoms with E-state index in [4.69, 9.17) is 10.9 Å². The van der Waals surface area contributed by atoms with Gasteiger partial charge in [-0.3, -0.25) is 0 Å². The molecule has 18 heavy (non-hydrogen) atoms. The van der Waals surface area contributed by atoms with Gasteiger partial charge in [0.15, 0.2) is 0 Å². The van der Waals surface area contributed by atoms with E-state index in [0.29, 0.717) is 12.3 Å². The van der Waals surface area contributed by atoms with Crippen LogP contribution in [-0.4, -0.2) is 17.6 Å². The highest BCUT2D eigenvalue weighted by Gasteiger charge is 2.42. The first kappa shape index (κ1) is 12.9. The van der Waals surface area contributed by atoms with Crippen LogP contribution < -0.4 is 11.1 Å². The van der Waals surface area contributed by atoms with Crippen molar-refractivity contribution >= 4 is 5.84 Å². The zero-order valence-corrected chi connectivity index (χ0v) is 10.8. The highest BCUT2D eigenvalue weighted by atomic mass is 16.4. The Bertz CT molecular complexity index is 438. The fourth-order valence-electron chi connectivity index (χ4n) is 2.28. The van der Waals surface area contributed by atoms with Gasteiger partial charge in [0.1, 0.15) is 5.84 Å². The summed E-state index contributed by atoms with van der Waals surface area (Å²) in [6.07, 6.45) is 3.00. The van der Waals surface area contributed by atoms with Crippen LogP contribution >= 0.6 is 0 Å². The lowest BCUT2D eigenvalue weighted by Crippen LogP contribution is -2.28. The van der Waals surface area contributed by atoms with Crippen molar-refractivity contribution in [3.8, 4) is 0 Å². The summed E-state index contributed by atoms with van der Waals surface area (Å²) < 4.78 is 0. The summed E-state index contributed by atoms with van der Waals surface area (Å²) in [6.45, 7) is 3.93. The van der Waals surface area contributed by atoms with E-state index in [1.165, 1.54) is 11.1 Å². The van der Waals surface area contributed by atoms with Gasteiger partial charge < -0.3 is 16.3 Å². The molecule has 1 aliphatic rings. The fourth-order valence-corrected chi connectivity index (χ4v) is 2.28. The summed E-state index contributed by atoms with van der Waals surface area (Å²) >= 11 is 0. The fraction of sp³-hybridized carbons (Fsp3) is 0.500. The summed E-state index contributed by atoms with van der Waals surface area (Å²) in [5.41, 5.74) is 8.44. The first-order valence-corrected chi connectivity index (χ1v) is 6.37. The van der Waals surface area contributed by atoms with Crippen LogP contribution in [0.3, 0.4) is 0 Å². The van der Waals surface area contributed by atoms with Crippen LogP contribution in [0, 0.1) is 12.3 Å². The van der Waals surface area contributed by atoms with E-state index in [1.807, 2.05) is 0 Å². The molecular weight excluding hydrogens is 226 g/mol. The molecule has 1 saturated carbocycles. The van der Waals surface area contributed by atoms with Crippen LogP contribution in [0.25, 0.3) is 0 Å². The number of oxime groups is 1. The summed E-state index contributed by atoms with van der Waals surface area (Å²) in [4.78, 5) is 0. The molecule has 0 atom stereocenters. The standard InChI is InChI=1S/C14H21N3O/c1-11-4-2-3-5-12(11)9-16-10-14(6-7-14)8-13(15)17-18/h2-5,16,18H,6-10H2,1H3,(H2,15,17). The molecule has 0 amide bonds. The molecular formula is C14H21N3O. The Morgan fingerprint density at radius 1 is 1.44 bits per heavy atom. The molecule has 4 N–H and O–H groups in total. The Labute approximate surface area is 108 Å². The number of hydrogen-bond donors (Lipinski definition) is 3. The molecule has 0 spiro atoms. The molecule has 1 aliphatic carbocycles. The molecule has 4 heteroatoms. The van der Waals surface area contributed by atoms with Gasteiger partial charge in [0.2, 0.25) is 0 Å². The molecule has 0 saturated heterocycles. The summed E-state index contributed by atoms with van der Waals surface area (Å²) in [7, 11) is 0. The van der Waals surface area contributed by atoms with E-state index >= 15 is 0 Å². The first-order valence-electron chi connectivity index (χ1n) is 6.37. The Balaban J connectivity index is 1.81. The number of hydrogen-bond acceptors (Lipinski definition) is 3. The van der Waals surface area contributed by atoms with Gasteiger partial charge in [0.25, 0.3) is 0 Å². The van der Waals surface area contributed by atoms with E-state index in [9.17, 15) is 0 Å². The molecule has 1 aromatic carbocycles. The molecule has 2 rings (SSSR count). The van der Waals surface area contributed by atoms with Gasteiger partial charge >= 0.3 is 0 Å². The highest BCUT2D eigenvalue weighted by molar-refractivity contribution is 5.80. The average molecular weight is 247 g/mol. The largest absolute Gasteiger partial charge is 0.409 e. The Morgan fingerprint density at radius 3 is 2.78 bits per heavy atom. The highest BCUT2D eigenvalue weighted by Crippen LogP contribution is 2.48. The SMILES string of the molecule is Cc1ccccc1CNCC1(CC(N)=NO)CC1. The van der Waals surface area contributed by atoms with Gasteiger partial charge in [-0.05, 0) is 36.3 Å².